The van der Waals surface area contributed by atoms with Gasteiger partial charge >= 0.3 is 6.03 Å². The normalized spacial score (nSPS) is 11.9. The minimum atomic E-state index is -0.204. The van der Waals surface area contributed by atoms with E-state index in [4.69, 9.17) is 0 Å². The van der Waals surface area contributed by atoms with E-state index in [0.29, 0.717) is 5.13 Å². The van der Waals surface area contributed by atoms with Crippen molar-refractivity contribution in [3.8, 4) is 0 Å². The van der Waals surface area contributed by atoms with Gasteiger partial charge in [0.25, 0.3) is 0 Å². The van der Waals surface area contributed by atoms with Gasteiger partial charge in [-0.05, 0) is 37.5 Å². The second-order valence-corrected chi connectivity index (χ2v) is 7.56. The van der Waals surface area contributed by atoms with Crippen LogP contribution in [0.25, 0.3) is 0 Å². The molecule has 0 saturated heterocycles. The van der Waals surface area contributed by atoms with Gasteiger partial charge in [-0.15, -0.1) is 11.3 Å². The molecule has 26 heavy (non-hydrogen) atoms. The molecular weight excluding hydrogens is 344 g/mol. The highest BCUT2D eigenvalue weighted by Gasteiger charge is 2.11. The summed E-state index contributed by atoms with van der Waals surface area (Å²) in [6.45, 7) is 2.02. The van der Waals surface area contributed by atoms with Crippen LogP contribution in [-0.2, 0) is 19.9 Å². The van der Waals surface area contributed by atoms with Crippen LogP contribution in [0.2, 0.25) is 0 Å². The van der Waals surface area contributed by atoms with Crippen LogP contribution in [0.3, 0.4) is 0 Å². The Bertz CT molecular complexity index is 840. The van der Waals surface area contributed by atoms with Gasteiger partial charge in [0.15, 0.2) is 5.13 Å². The third kappa shape index (κ3) is 5.20. The van der Waals surface area contributed by atoms with Gasteiger partial charge in [-0.3, -0.25) is 5.32 Å². The molecule has 2 heterocycles. The molecule has 5 nitrogen and oxygen atoms in total. The molecule has 2 amide bonds. The standard InChI is InChI=1S/C20H24N4OS/c1-15(10-11-17-9-6-12-24(17)2)22-19(25)23-20-21-14-18(26-20)13-16-7-4-3-5-8-16/h3-9,12,14-15H,10-11,13H2,1-2H3,(H2,21,22,23,25)/t15-/m1/s1. The summed E-state index contributed by atoms with van der Waals surface area (Å²) in [6, 6.07) is 14.3. The molecule has 3 aromatic rings. The van der Waals surface area contributed by atoms with Gasteiger partial charge in [-0.1, -0.05) is 30.3 Å². The van der Waals surface area contributed by atoms with Gasteiger partial charge in [0, 0.05) is 42.5 Å². The number of hydrogen-bond donors (Lipinski definition) is 2. The van der Waals surface area contributed by atoms with E-state index in [1.165, 1.54) is 22.6 Å². The number of carbonyl (C=O) groups is 1. The Kier molecular flexibility index (Phi) is 6.07. The summed E-state index contributed by atoms with van der Waals surface area (Å²) >= 11 is 1.51. The van der Waals surface area contributed by atoms with Crippen LogP contribution in [0, 0.1) is 0 Å². The molecule has 136 valence electrons. The Morgan fingerprint density at radius 2 is 2.04 bits per heavy atom. The zero-order chi connectivity index (χ0) is 18.4. The lowest BCUT2D eigenvalue weighted by Crippen LogP contribution is -2.36. The molecule has 1 aromatic carbocycles. The maximum atomic E-state index is 12.2. The summed E-state index contributed by atoms with van der Waals surface area (Å²) in [4.78, 5) is 17.6. The van der Waals surface area contributed by atoms with Crippen molar-refractivity contribution in [2.45, 2.75) is 32.2 Å². The van der Waals surface area contributed by atoms with Crippen LogP contribution in [0.15, 0.2) is 54.9 Å². The lowest BCUT2D eigenvalue weighted by molar-refractivity contribution is 0.248. The number of hydrogen-bond acceptors (Lipinski definition) is 3. The average molecular weight is 369 g/mol. The van der Waals surface area contributed by atoms with Crippen molar-refractivity contribution in [3.63, 3.8) is 0 Å². The maximum Gasteiger partial charge on any atom is 0.321 e. The summed E-state index contributed by atoms with van der Waals surface area (Å²) < 4.78 is 2.11. The van der Waals surface area contributed by atoms with Crippen LogP contribution in [0.1, 0.15) is 29.5 Å². The minimum Gasteiger partial charge on any atom is -0.354 e. The van der Waals surface area contributed by atoms with Crippen LogP contribution < -0.4 is 10.6 Å². The number of carbonyl (C=O) groups excluding carboxylic acids is 1. The SMILES string of the molecule is C[C@H](CCc1cccn1C)NC(=O)Nc1ncc(Cc2ccccc2)s1. The number of urea groups is 1. The van der Waals surface area contributed by atoms with E-state index in [1.807, 2.05) is 50.6 Å². The van der Waals surface area contributed by atoms with E-state index < -0.39 is 0 Å². The van der Waals surface area contributed by atoms with Gasteiger partial charge in [0.1, 0.15) is 0 Å². The molecule has 0 aliphatic carbocycles. The predicted octanol–water partition coefficient (Wildman–Crippen LogP) is 4.22. The fourth-order valence-electron chi connectivity index (χ4n) is 2.79. The summed E-state index contributed by atoms with van der Waals surface area (Å²) in [5.41, 5.74) is 2.51. The largest absolute Gasteiger partial charge is 0.354 e. The van der Waals surface area contributed by atoms with Crippen LogP contribution in [-0.4, -0.2) is 21.6 Å². The van der Waals surface area contributed by atoms with E-state index >= 15 is 0 Å². The van der Waals surface area contributed by atoms with Crippen molar-refractivity contribution in [2.75, 3.05) is 5.32 Å². The Morgan fingerprint density at radius 3 is 2.77 bits per heavy atom. The average Bonchev–Trinajstić information content (AvgIpc) is 3.22. The predicted molar refractivity (Wildman–Crippen MR) is 107 cm³/mol. The van der Waals surface area contributed by atoms with Gasteiger partial charge in [-0.25, -0.2) is 9.78 Å². The van der Waals surface area contributed by atoms with Gasteiger partial charge in [0.05, 0.1) is 0 Å². The molecule has 1 atom stereocenters. The first-order valence-electron chi connectivity index (χ1n) is 8.76. The second kappa shape index (κ2) is 8.67. The zero-order valence-electron chi connectivity index (χ0n) is 15.1. The van der Waals surface area contributed by atoms with Crippen molar-refractivity contribution in [1.82, 2.24) is 14.9 Å². The monoisotopic (exact) mass is 368 g/mol. The van der Waals surface area contributed by atoms with Gasteiger partial charge in [-0.2, -0.15) is 0 Å². The van der Waals surface area contributed by atoms with Crippen molar-refractivity contribution >= 4 is 22.5 Å². The molecule has 6 heteroatoms. The third-order valence-corrected chi connectivity index (χ3v) is 5.17. The smallest absolute Gasteiger partial charge is 0.321 e. The number of benzene rings is 1. The number of aromatic nitrogens is 2. The molecule has 0 unspecified atom stereocenters. The molecule has 0 radical (unpaired) electrons. The summed E-state index contributed by atoms with van der Waals surface area (Å²) in [5, 5.41) is 6.44. The third-order valence-electron chi connectivity index (χ3n) is 4.26. The highest BCUT2D eigenvalue weighted by molar-refractivity contribution is 7.15. The number of nitrogens with one attached hydrogen (secondary N) is 2. The van der Waals surface area contributed by atoms with Crippen molar-refractivity contribution in [3.05, 3.63) is 71.0 Å². The summed E-state index contributed by atoms with van der Waals surface area (Å²) in [7, 11) is 2.04. The lowest BCUT2D eigenvalue weighted by atomic mass is 10.1. The lowest BCUT2D eigenvalue weighted by Gasteiger charge is -2.14. The van der Waals surface area contributed by atoms with Crippen molar-refractivity contribution < 1.29 is 4.79 Å². The van der Waals surface area contributed by atoms with E-state index in [-0.39, 0.29) is 12.1 Å². The quantitative estimate of drug-likeness (QED) is 0.656. The van der Waals surface area contributed by atoms with Crippen LogP contribution in [0.5, 0.6) is 0 Å². The second-order valence-electron chi connectivity index (χ2n) is 6.44. The molecule has 0 fully saturated rings. The molecule has 0 aliphatic rings. The van der Waals surface area contributed by atoms with E-state index in [1.54, 1.807) is 0 Å². The Hall–Kier alpha value is -2.60. The van der Waals surface area contributed by atoms with Gasteiger partial charge < -0.3 is 9.88 Å². The van der Waals surface area contributed by atoms with E-state index in [0.717, 1.165) is 24.1 Å². The summed E-state index contributed by atoms with van der Waals surface area (Å²) in [6.07, 6.45) is 6.52. The molecule has 0 saturated carbocycles. The first-order valence-corrected chi connectivity index (χ1v) is 9.58. The molecule has 0 spiro atoms. The number of nitrogens with zero attached hydrogens (tertiary/aromatic N) is 2. The van der Waals surface area contributed by atoms with Crippen molar-refractivity contribution in [1.29, 1.82) is 0 Å². The highest BCUT2D eigenvalue weighted by Crippen LogP contribution is 2.21. The first kappa shape index (κ1) is 18.2. The fraction of sp³-hybridized carbons (Fsp3) is 0.300. The summed E-state index contributed by atoms with van der Waals surface area (Å²) in [5.74, 6) is 0. The van der Waals surface area contributed by atoms with Crippen LogP contribution in [0.4, 0.5) is 9.93 Å². The molecule has 2 N–H and O–H groups in total. The fourth-order valence-corrected chi connectivity index (χ4v) is 3.64. The zero-order valence-corrected chi connectivity index (χ0v) is 15.9. The molecule has 0 bridgehead atoms. The minimum absolute atomic E-state index is 0.0913. The topological polar surface area (TPSA) is 59.0 Å². The number of rotatable bonds is 7. The number of thiazole rings is 1. The molecule has 2 aromatic heterocycles. The first-order chi connectivity index (χ1) is 12.6. The highest BCUT2D eigenvalue weighted by atomic mass is 32.1. The number of aryl methyl sites for hydroxylation is 2. The van der Waals surface area contributed by atoms with Crippen LogP contribution >= 0.6 is 11.3 Å². The molecular formula is C20H24N4OS. The molecule has 0 aliphatic heterocycles. The van der Waals surface area contributed by atoms with Gasteiger partial charge in [0.2, 0.25) is 0 Å². The van der Waals surface area contributed by atoms with E-state index in [2.05, 4.69) is 38.4 Å². The maximum absolute atomic E-state index is 12.2. The number of amides is 2. The Morgan fingerprint density at radius 1 is 1.23 bits per heavy atom. The molecule has 3 rings (SSSR count). The Balaban J connectivity index is 1.45. The Labute approximate surface area is 158 Å². The van der Waals surface area contributed by atoms with Crippen molar-refractivity contribution in [2.24, 2.45) is 7.05 Å². The van der Waals surface area contributed by atoms with E-state index in [9.17, 15) is 4.79 Å². The number of anilines is 1.